The molecule has 0 saturated carbocycles. The molecule has 4 nitrogen and oxygen atoms in total. The van der Waals surface area contributed by atoms with Crippen molar-refractivity contribution in [2.75, 3.05) is 18.1 Å². The van der Waals surface area contributed by atoms with Crippen LogP contribution in [0.4, 0.5) is 5.69 Å². The minimum absolute atomic E-state index is 0.0308. The topological polar surface area (TPSA) is 53.3 Å². The lowest BCUT2D eigenvalue weighted by atomic mass is 10.0. The van der Waals surface area contributed by atoms with Crippen LogP contribution in [0.1, 0.15) is 24.0 Å². The minimum Gasteiger partial charge on any atom is -0.493 e. The minimum atomic E-state index is -0.0308. The molecular weight excluding hydrogens is 300 g/mol. The van der Waals surface area contributed by atoms with E-state index in [1.807, 2.05) is 42.5 Å². The number of fused-ring (bicyclic) bond motifs is 1. The molecule has 2 aromatic carbocycles. The lowest BCUT2D eigenvalue weighted by Gasteiger charge is -2.20. The van der Waals surface area contributed by atoms with Crippen LogP contribution in [0.25, 0.3) is 0 Å². The Morgan fingerprint density at radius 2 is 2.04 bits per heavy atom. The first kappa shape index (κ1) is 16.1. The highest BCUT2D eigenvalue weighted by atomic mass is 16.5. The first-order valence-electron chi connectivity index (χ1n) is 8.25. The summed E-state index contributed by atoms with van der Waals surface area (Å²) in [5.41, 5.74) is 3.13. The summed E-state index contributed by atoms with van der Waals surface area (Å²) >= 11 is 0. The van der Waals surface area contributed by atoms with E-state index in [4.69, 9.17) is 10.00 Å². The van der Waals surface area contributed by atoms with Gasteiger partial charge >= 0.3 is 0 Å². The molecule has 1 aliphatic heterocycles. The molecule has 0 N–H and O–H groups in total. The van der Waals surface area contributed by atoms with E-state index in [0.717, 1.165) is 36.4 Å². The maximum atomic E-state index is 12.5. The monoisotopic (exact) mass is 320 g/mol. The highest BCUT2D eigenvalue weighted by molar-refractivity contribution is 5.93. The van der Waals surface area contributed by atoms with Crippen molar-refractivity contribution in [1.82, 2.24) is 0 Å². The van der Waals surface area contributed by atoms with Crippen molar-refractivity contribution in [3.63, 3.8) is 0 Å². The first-order valence-corrected chi connectivity index (χ1v) is 8.25. The quantitative estimate of drug-likeness (QED) is 0.792. The molecule has 0 aliphatic carbocycles. The molecule has 3 rings (SSSR count). The molecule has 0 unspecified atom stereocenters. The van der Waals surface area contributed by atoms with Crippen LogP contribution in [0.15, 0.2) is 48.5 Å². The van der Waals surface area contributed by atoms with Gasteiger partial charge in [0.25, 0.3) is 0 Å². The van der Waals surface area contributed by atoms with Crippen LogP contribution in [0.3, 0.4) is 0 Å². The number of nitrogens with zero attached hydrogens (tertiary/aromatic N) is 2. The van der Waals surface area contributed by atoms with Crippen LogP contribution in [-0.4, -0.2) is 19.1 Å². The van der Waals surface area contributed by atoms with Crippen molar-refractivity contribution in [1.29, 1.82) is 5.26 Å². The number of rotatable bonds is 5. The smallest absolute Gasteiger partial charge is 0.228 e. The lowest BCUT2D eigenvalue weighted by molar-refractivity contribution is -0.118. The number of ether oxygens (including phenoxy) is 1. The average molecular weight is 320 g/mol. The van der Waals surface area contributed by atoms with E-state index in [1.165, 1.54) is 5.56 Å². The van der Waals surface area contributed by atoms with Crippen molar-refractivity contribution < 1.29 is 9.53 Å². The molecule has 0 aromatic heterocycles. The molecule has 0 saturated heterocycles. The number of anilines is 1. The van der Waals surface area contributed by atoms with Crippen molar-refractivity contribution in [3.05, 3.63) is 59.7 Å². The Bertz CT molecular complexity index is 750. The van der Waals surface area contributed by atoms with Gasteiger partial charge < -0.3 is 4.74 Å². The summed E-state index contributed by atoms with van der Waals surface area (Å²) in [6.45, 7) is 0.853. The third-order valence-corrected chi connectivity index (χ3v) is 4.20. The van der Waals surface area contributed by atoms with Crippen molar-refractivity contribution in [2.24, 2.45) is 0 Å². The van der Waals surface area contributed by atoms with E-state index in [2.05, 4.69) is 12.1 Å². The van der Waals surface area contributed by atoms with E-state index in [-0.39, 0.29) is 12.5 Å². The van der Waals surface area contributed by atoms with Gasteiger partial charge in [-0.3, -0.25) is 9.69 Å². The number of nitriles is 1. The van der Waals surface area contributed by atoms with Crippen molar-refractivity contribution in [3.8, 4) is 11.8 Å². The van der Waals surface area contributed by atoms with E-state index in [9.17, 15) is 4.79 Å². The molecule has 0 bridgehead atoms. The van der Waals surface area contributed by atoms with Gasteiger partial charge in [0.2, 0.25) is 5.91 Å². The Balaban J connectivity index is 1.66. The molecule has 24 heavy (non-hydrogen) atoms. The summed E-state index contributed by atoms with van der Waals surface area (Å²) in [5.74, 6) is 0.934. The predicted molar refractivity (Wildman–Crippen MR) is 93.0 cm³/mol. The summed E-state index contributed by atoms with van der Waals surface area (Å²) < 4.78 is 5.62. The second-order valence-corrected chi connectivity index (χ2v) is 5.87. The van der Waals surface area contributed by atoms with Crippen molar-refractivity contribution in [2.45, 2.75) is 25.7 Å². The van der Waals surface area contributed by atoms with Gasteiger partial charge in [-0.1, -0.05) is 30.3 Å². The van der Waals surface area contributed by atoms with Gasteiger partial charge in [-0.05, 0) is 48.6 Å². The number of amides is 1. The van der Waals surface area contributed by atoms with E-state index in [0.29, 0.717) is 12.8 Å². The van der Waals surface area contributed by atoms with Crippen LogP contribution < -0.4 is 9.64 Å². The molecule has 122 valence electrons. The number of hydrogen-bond acceptors (Lipinski definition) is 3. The average Bonchev–Trinajstić information content (AvgIpc) is 2.64. The third kappa shape index (κ3) is 3.75. The Labute approximate surface area is 142 Å². The van der Waals surface area contributed by atoms with Crippen LogP contribution >= 0.6 is 0 Å². The van der Waals surface area contributed by atoms with Crippen LogP contribution in [0, 0.1) is 11.3 Å². The van der Waals surface area contributed by atoms with Gasteiger partial charge in [-0.25, -0.2) is 0 Å². The molecule has 4 heteroatoms. The summed E-state index contributed by atoms with van der Waals surface area (Å²) in [4.78, 5) is 14.1. The molecule has 0 spiro atoms. The molecule has 1 amide bonds. The molecule has 0 fully saturated rings. The lowest BCUT2D eigenvalue weighted by Crippen LogP contribution is -2.31. The van der Waals surface area contributed by atoms with Gasteiger partial charge in [-0.2, -0.15) is 5.26 Å². The largest absolute Gasteiger partial charge is 0.493 e. The number of carbonyl (C=O) groups excluding carboxylic acids is 1. The molecule has 0 atom stereocenters. The number of aryl methyl sites for hydroxylation is 2. The Morgan fingerprint density at radius 3 is 2.83 bits per heavy atom. The Kier molecular flexibility index (Phi) is 5.12. The fourth-order valence-electron chi connectivity index (χ4n) is 2.96. The SMILES string of the molecule is N#CCN(C(=O)CCc1ccc2c(c1)CCCO2)c1ccccc1. The third-order valence-electron chi connectivity index (χ3n) is 4.20. The van der Waals surface area contributed by atoms with Crippen LogP contribution in [-0.2, 0) is 17.6 Å². The normalized spacial score (nSPS) is 12.6. The first-order chi connectivity index (χ1) is 11.8. The zero-order valence-corrected chi connectivity index (χ0v) is 13.6. The number of para-hydroxylation sites is 1. The fraction of sp³-hybridized carbons (Fsp3) is 0.300. The van der Waals surface area contributed by atoms with Gasteiger partial charge in [0, 0.05) is 12.1 Å². The highest BCUT2D eigenvalue weighted by Gasteiger charge is 2.16. The predicted octanol–water partition coefficient (Wildman–Crippen LogP) is 3.50. The number of benzene rings is 2. The molecule has 1 heterocycles. The van der Waals surface area contributed by atoms with Crippen LogP contribution in [0.5, 0.6) is 5.75 Å². The second kappa shape index (κ2) is 7.65. The summed E-state index contributed by atoms with van der Waals surface area (Å²) in [6.07, 6.45) is 3.12. The molecule has 1 aliphatic rings. The Hall–Kier alpha value is -2.80. The van der Waals surface area contributed by atoms with Gasteiger partial charge in [0.1, 0.15) is 12.3 Å². The van der Waals surface area contributed by atoms with E-state index in [1.54, 1.807) is 4.90 Å². The maximum absolute atomic E-state index is 12.5. The summed E-state index contributed by atoms with van der Waals surface area (Å²) in [6, 6.07) is 17.6. The van der Waals surface area contributed by atoms with E-state index >= 15 is 0 Å². The van der Waals surface area contributed by atoms with Gasteiger partial charge in [0.05, 0.1) is 12.7 Å². The maximum Gasteiger partial charge on any atom is 0.228 e. The number of hydrogen-bond donors (Lipinski definition) is 0. The zero-order chi connectivity index (χ0) is 16.8. The van der Waals surface area contributed by atoms with Crippen molar-refractivity contribution >= 4 is 11.6 Å². The zero-order valence-electron chi connectivity index (χ0n) is 13.6. The van der Waals surface area contributed by atoms with Crippen LogP contribution in [0.2, 0.25) is 0 Å². The summed E-state index contributed by atoms with van der Waals surface area (Å²) in [5, 5.41) is 9.01. The Morgan fingerprint density at radius 1 is 1.21 bits per heavy atom. The second-order valence-electron chi connectivity index (χ2n) is 5.87. The molecule has 0 radical (unpaired) electrons. The number of carbonyl (C=O) groups is 1. The molecular formula is C20H20N2O2. The fourth-order valence-corrected chi connectivity index (χ4v) is 2.96. The highest BCUT2D eigenvalue weighted by Crippen LogP contribution is 2.26. The standard InChI is InChI=1S/C20H20N2O2/c21-12-13-22(18-6-2-1-3-7-18)20(23)11-9-16-8-10-19-17(15-16)5-4-14-24-19/h1-3,6-8,10,15H,4-5,9,11,13-14H2. The summed E-state index contributed by atoms with van der Waals surface area (Å²) in [7, 11) is 0. The molecule has 2 aromatic rings. The van der Waals surface area contributed by atoms with Gasteiger partial charge in [-0.15, -0.1) is 0 Å². The van der Waals surface area contributed by atoms with Gasteiger partial charge in [0.15, 0.2) is 0 Å². The van der Waals surface area contributed by atoms with E-state index < -0.39 is 0 Å².